The number of piperazine rings is 1. The molecular formula is C20H23N3O3. The number of aromatic nitrogens is 1. The second kappa shape index (κ2) is 7.23. The summed E-state index contributed by atoms with van der Waals surface area (Å²) in [5.74, 6) is 1.06. The molecule has 0 atom stereocenters. The number of fused-ring (bicyclic) bond motifs is 1. The first kappa shape index (κ1) is 16.7. The molecule has 2 aromatic rings. The summed E-state index contributed by atoms with van der Waals surface area (Å²) >= 11 is 0. The number of rotatable bonds is 3. The molecule has 0 unspecified atom stereocenters. The summed E-state index contributed by atoms with van der Waals surface area (Å²) < 4.78 is 5.63. The number of H-pyrrole nitrogens is 1. The van der Waals surface area contributed by atoms with Crippen LogP contribution in [-0.2, 0) is 17.6 Å². The van der Waals surface area contributed by atoms with E-state index in [0.717, 1.165) is 30.8 Å². The Morgan fingerprint density at radius 2 is 1.88 bits per heavy atom. The van der Waals surface area contributed by atoms with Crippen molar-refractivity contribution in [3.63, 3.8) is 0 Å². The summed E-state index contributed by atoms with van der Waals surface area (Å²) in [6.45, 7) is 3.08. The normalized spacial score (nSPS) is 16.8. The van der Waals surface area contributed by atoms with Crippen LogP contribution in [0.4, 0.5) is 0 Å². The topological polar surface area (TPSA) is 65.6 Å². The van der Waals surface area contributed by atoms with Crippen LogP contribution < -0.4 is 4.74 Å². The zero-order valence-corrected chi connectivity index (χ0v) is 14.7. The van der Waals surface area contributed by atoms with E-state index in [1.165, 1.54) is 5.56 Å². The van der Waals surface area contributed by atoms with E-state index < -0.39 is 0 Å². The molecule has 26 heavy (non-hydrogen) atoms. The lowest BCUT2D eigenvalue weighted by Gasteiger charge is -2.34. The van der Waals surface area contributed by atoms with Gasteiger partial charge in [-0.25, -0.2) is 0 Å². The molecule has 2 aliphatic heterocycles. The highest BCUT2D eigenvalue weighted by atomic mass is 16.5. The maximum absolute atomic E-state index is 12.6. The van der Waals surface area contributed by atoms with Crippen LogP contribution in [-0.4, -0.2) is 59.4 Å². The molecule has 1 N–H and O–H groups in total. The van der Waals surface area contributed by atoms with E-state index in [-0.39, 0.29) is 11.8 Å². The molecule has 1 fully saturated rings. The number of nitrogens with one attached hydrogen (secondary N) is 1. The Morgan fingerprint density at radius 1 is 1.08 bits per heavy atom. The van der Waals surface area contributed by atoms with Crippen LogP contribution in [0, 0.1) is 0 Å². The van der Waals surface area contributed by atoms with Crippen LogP contribution in [0.2, 0.25) is 0 Å². The average Bonchev–Trinajstić information content (AvgIpc) is 3.22. The third kappa shape index (κ3) is 3.45. The maximum atomic E-state index is 12.6. The minimum atomic E-state index is -0.00298. The van der Waals surface area contributed by atoms with Crippen molar-refractivity contribution in [3.05, 3.63) is 53.3 Å². The smallest absolute Gasteiger partial charge is 0.270 e. The summed E-state index contributed by atoms with van der Waals surface area (Å²) in [4.78, 5) is 31.6. The number of aromatic amines is 1. The highest BCUT2D eigenvalue weighted by Gasteiger charge is 2.25. The first-order valence-electron chi connectivity index (χ1n) is 9.16. The average molecular weight is 353 g/mol. The minimum absolute atomic E-state index is 0.00298. The van der Waals surface area contributed by atoms with Crippen molar-refractivity contribution in [1.29, 1.82) is 0 Å². The van der Waals surface area contributed by atoms with Crippen LogP contribution in [0.25, 0.3) is 0 Å². The molecule has 0 radical (unpaired) electrons. The Hall–Kier alpha value is -2.76. The number of hydrogen-bond acceptors (Lipinski definition) is 3. The molecule has 6 nitrogen and oxygen atoms in total. The van der Waals surface area contributed by atoms with E-state index in [9.17, 15) is 9.59 Å². The highest BCUT2D eigenvalue weighted by molar-refractivity contribution is 5.92. The van der Waals surface area contributed by atoms with Gasteiger partial charge in [0.15, 0.2) is 0 Å². The Labute approximate surface area is 152 Å². The van der Waals surface area contributed by atoms with Gasteiger partial charge in [-0.3, -0.25) is 9.59 Å². The molecule has 6 heteroatoms. The van der Waals surface area contributed by atoms with Crippen LogP contribution >= 0.6 is 0 Å². The van der Waals surface area contributed by atoms with Crippen molar-refractivity contribution >= 4 is 11.8 Å². The molecule has 0 spiro atoms. The Balaban J connectivity index is 1.33. The van der Waals surface area contributed by atoms with Gasteiger partial charge in [0, 0.05) is 32.4 Å². The Bertz CT molecular complexity index is 793. The van der Waals surface area contributed by atoms with Crippen molar-refractivity contribution in [2.24, 2.45) is 0 Å². The third-order valence-electron chi connectivity index (χ3n) is 5.08. The predicted molar refractivity (Wildman–Crippen MR) is 97.2 cm³/mol. The van der Waals surface area contributed by atoms with Gasteiger partial charge in [-0.05, 0) is 42.2 Å². The summed E-state index contributed by atoms with van der Waals surface area (Å²) in [7, 11) is 0. The number of hydrogen-bond donors (Lipinski definition) is 1. The first-order chi connectivity index (χ1) is 12.7. The van der Waals surface area contributed by atoms with E-state index in [2.05, 4.69) is 11.1 Å². The van der Waals surface area contributed by atoms with Gasteiger partial charge >= 0.3 is 0 Å². The highest BCUT2D eigenvalue weighted by Crippen LogP contribution is 2.26. The number of amides is 2. The second-order valence-electron chi connectivity index (χ2n) is 6.83. The summed E-state index contributed by atoms with van der Waals surface area (Å²) in [6, 6.07) is 9.64. The quantitative estimate of drug-likeness (QED) is 0.916. The summed E-state index contributed by atoms with van der Waals surface area (Å²) in [5, 5.41) is 0. The van der Waals surface area contributed by atoms with E-state index in [1.54, 1.807) is 17.2 Å². The fourth-order valence-corrected chi connectivity index (χ4v) is 3.60. The van der Waals surface area contributed by atoms with Gasteiger partial charge in [0.1, 0.15) is 11.4 Å². The molecule has 0 saturated carbocycles. The van der Waals surface area contributed by atoms with E-state index in [1.807, 2.05) is 23.1 Å². The van der Waals surface area contributed by atoms with Crippen molar-refractivity contribution in [3.8, 4) is 5.75 Å². The molecule has 136 valence electrons. The zero-order valence-electron chi connectivity index (χ0n) is 14.7. The molecule has 1 aromatic heterocycles. The molecule has 4 rings (SSSR count). The lowest BCUT2D eigenvalue weighted by atomic mass is 10.0. The number of aryl methyl sites for hydroxylation is 1. The molecule has 1 aromatic carbocycles. The third-order valence-corrected chi connectivity index (χ3v) is 5.08. The standard InChI is InChI=1S/C20H23N3O3/c24-19(14-15-5-6-18-16(13-15)3-2-12-26-18)22-8-10-23(11-9-22)20(25)17-4-1-7-21-17/h1,4-7,13,21H,2-3,8-12,14H2. The largest absolute Gasteiger partial charge is 0.493 e. The zero-order chi connectivity index (χ0) is 17.9. The molecule has 0 bridgehead atoms. The summed E-state index contributed by atoms with van der Waals surface area (Å²) in [5.41, 5.74) is 2.83. The fourth-order valence-electron chi connectivity index (χ4n) is 3.60. The predicted octanol–water partition coefficient (Wildman–Crippen LogP) is 1.87. The number of ether oxygens (including phenoxy) is 1. The molecule has 2 aliphatic rings. The SMILES string of the molecule is O=C(Cc1ccc2c(c1)CCCO2)N1CCN(C(=O)c2ccc[nH]2)CC1. The van der Waals surface area contributed by atoms with Gasteiger partial charge in [-0.15, -0.1) is 0 Å². The van der Waals surface area contributed by atoms with E-state index in [0.29, 0.717) is 38.3 Å². The number of nitrogens with zero attached hydrogens (tertiary/aromatic N) is 2. The van der Waals surface area contributed by atoms with Gasteiger partial charge in [0.05, 0.1) is 13.0 Å². The molecule has 0 aliphatic carbocycles. The van der Waals surface area contributed by atoms with Gasteiger partial charge in [0.2, 0.25) is 5.91 Å². The second-order valence-corrected chi connectivity index (χ2v) is 6.83. The minimum Gasteiger partial charge on any atom is -0.493 e. The van der Waals surface area contributed by atoms with E-state index in [4.69, 9.17) is 4.74 Å². The monoisotopic (exact) mass is 353 g/mol. The van der Waals surface area contributed by atoms with E-state index >= 15 is 0 Å². The van der Waals surface area contributed by atoms with Gasteiger partial charge in [-0.2, -0.15) is 0 Å². The number of benzene rings is 1. The Morgan fingerprint density at radius 3 is 2.65 bits per heavy atom. The molecule has 2 amide bonds. The van der Waals surface area contributed by atoms with Crippen molar-refractivity contribution in [2.45, 2.75) is 19.3 Å². The number of carbonyl (C=O) groups is 2. The molecule has 3 heterocycles. The fraction of sp³-hybridized carbons (Fsp3) is 0.400. The maximum Gasteiger partial charge on any atom is 0.270 e. The molecule has 1 saturated heterocycles. The van der Waals surface area contributed by atoms with Crippen molar-refractivity contribution in [1.82, 2.24) is 14.8 Å². The van der Waals surface area contributed by atoms with Crippen molar-refractivity contribution in [2.75, 3.05) is 32.8 Å². The Kier molecular flexibility index (Phi) is 4.65. The van der Waals surface area contributed by atoms with Crippen molar-refractivity contribution < 1.29 is 14.3 Å². The van der Waals surface area contributed by atoms with Crippen LogP contribution in [0.15, 0.2) is 36.5 Å². The van der Waals surface area contributed by atoms with Crippen LogP contribution in [0.1, 0.15) is 28.0 Å². The molecular weight excluding hydrogens is 330 g/mol. The van der Waals surface area contributed by atoms with Gasteiger partial charge in [0.25, 0.3) is 5.91 Å². The first-order valence-corrected chi connectivity index (χ1v) is 9.16. The van der Waals surface area contributed by atoms with Gasteiger partial charge < -0.3 is 19.5 Å². The van der Waals surface area contributed by atoms with Gasteiger partial charge in [-0.1, -0.05) is 12.1 Å². The lowest BCUT2D eigenvalue weighted by molar-refractivity contribution is -0.131. The lowest BCUT2D eigenvalue weighted by Crippen LogP contribution is -2.51. The van der Waals surface area contributed by atoms with Crippen LogP contribution in [0.5, 0.6) is 5.75 Å². The van der Waals surface area contributed by atoms with Crippen LogP contribution in [0.3, 0.4) is 0 Å². The summed E-state index contributed by atoms with van der Waals surface area (Å²) in [6.07, 6.45) is 4.19. The number of carbonyl (C=O) groups excluding carboxylic acids is 2.